The molecule has 1 saturated heterocycles. The van der Waals surface area contributed by atoms with Gasteiger partial charge in [0.1, 0.15) is 0 Å². The molecule has 0 bridgehead atoms. The monoisotopic (exact) mass is 808 g/mol. The van der Waals surface area contributed by atoms with Crippen molar-refractivity contribution in [3.8, 4) is 0 Å². The zero-order chi connectivity index (χ0) is 41.5. The van der Waals surface area contributed by atoms with Crippen molar-refractivity contribution in [1.29, 1.82) is 0 Å². The third-order valence-electron chi connectivity index (χ3n) is 12.3. The van der Waals surface area contributed by atoms with Crippen LogP contribution in [0.1, 0.15) is 35.6 Å². The zero-order valence-corrected chi connectivity index (χ0v) is 34.3. The highest BCUT2D eigenvalue weighted by Gasteiger charge is 2.66. The smallest absolute Gasteiger partial charge is 0.264 e. The number of carbonyl (C=O) groups excluding carboxylic acids is 4. The van der Waals surface area contributed by atoms with E-state index in [9.17, 15) is 24.3 Å². The van der Waals surface area contributed by atoms with Gasteiger partial charge in [0.15, 0.2) is 13.9 Å². The van der Waals surface area contributed by atoms with Crippen molar-refractivity contribution in [2.24, 2.45) is 5.92 Å². The maximum absolute atomic E-state index is 15.3. The van der Waals surface area contributed by atoms with Gasteiger partial charge in [0.05, 0.1) is 37.4 Å². The van der Waals surface area contributed by atoms with E-state index in [1.165, 1.54) is 4.90 Å². The Balaban J connectivity index is 1.17. The van der Waals surface area contributed by atoms with Crippen LogP contribution in [-0.4, -0.2) is 66.5 Å². The maximum Gasteiger partial charge on any atom is 0.264 e. The van der Waals surface area contributed by atoms with Gasteiger partial charge in [-0.05, 0) is 90.8 Å². The van der Waals surface area contributed by atoms with E-state index in [0.29, 0.717) is 41.3 Å². The van der Waals surface area contributed by atoms with Crippen molar-refractivity contribution in [3.05, 3.63) is 150 Å². The van der Waals surface area contributed by atoms with Crippen LogP contribution in [0.4, 0.5) is 28.4 Å². The minimum absolute atomic E-state index is 0.0880. The van der Waals surface area contributed by atoms with Gasteiger partial charge in [0.2, 0.25) is 18.7 Å². The first-order chi connectivity index (χ1) is 28.5. The molecular formula is C47H48N4O7Si. The molecule has 0 saturated carbocycles. The molecule has 5 aromatic rings. The highest BCUT2D eigenvalue weighted by atomic mass is 28.4. The van der Waals surface area contributed by atoms with Crippen LogP contribution in [-0.2, 0) is 49.0 Å². The number of benzene rings is 5. The molecule has 0 aliphatic carbocycles. The second-order valence-electron chi connectivity index (χ2n) is 16.3. The fraction of sp³-hybridized carbons (Fsp3) is 0.277. The summed E-state index contributed by atoms with van der Waals surface area (Å²) in [6.07, 6.45) is 1.12. The molecule has 3 aliphatic rings. The van der Waals surface area contributed by atoms with Crippen molar-refractivity contribution in [1.82, 2.24) is 4.90 Å². The summed E-state index contributed by atoms with van der Waals surface area (Å²) in [6.45, 7) is 5.87. The molecule has 4 amide bonds. The van der Waals surface area contributed by atoms with Crippen LogP contribution in [0, 0.1) is 5.92 Å². The van der Waals surface area contributed by atoms with E-state index < -0.39 is 37.5 Å². The average Bonchev–Trinajstić information content (AvgIpc) is 3.67. The van der Waals surface area contributed by atoms with Gasteiger partial charge >= 0.3 is 0 Å². The van der Waals surface area contributed by atoms with Crippen molar-refractivity contribution >= 4 is 61.4 Å². The second kappa shape index (κ2) is 16.0. The standard InChI is InChI=1S/C47H48N4O7Si/c1-32-45(59(2,3)57)43(26-44(55)48-28-35-13-11-10-12-34(35)24-40(48)29-52)58-47(32)41-25-39(51(31-54)37-16-8-5-9-17-37)22-23-42(41)49(46(47)56)27-33-18-20-38(21-19-33)50(30-53)36-14-6-4-7-15-36/h4-23,25,30-32,40,43,45,52,57H,24,26-29H2,1-3H3/t32-,40+,43+,45-,47+/m1/s1. The van der Waals surface area contributed by atoms with Crippen LogP contribution in [0.25, 0.3) is 0 Å². The Hall–Kier alpha value is -5.92. The number of rotatable bonds is 12. The Labute approximate surface area is 345 Å². The Morgan fingerprint density at radius 2 is 1.37 bits per heavy atom. The van der Waals surface area contributed by atoms with Gasteiger partial charge in [0, 0.05) is 46.3 Å². The summed E-state index contributed by atoms with van der Waals surface area (Å²) in [5.41, 5.74) is 4.51. The first kappa shape index (κ1) is 39.9. The van der Waals surface area contributed by atoms with E-state index in [1.807, 2.05) is 141 Å². The molecule has 59 heavy (non-hydrogen) atoms. The van der Waals surface area contributed by atoms with Crippen molar-refractivity contribution in [2.45, 2.75) is 69.2 Å². The summed E-state index contributed by atoms with van der Waals surface area (Å²) in [4.78, 5) is 73.0. The number of anilines is 5. The van der Waals surface area contributed by atoms with Crippen molar-refractivity contribution in [3.63, 3.8) is 0 Å². The summed E-state index contributed by atoms with van der Waals surface area (Å²) >= 11 is 0. The number of fused-ring (bicyclic) bond motifs is 3. The first-order valence-corrected chi connectivity index (χ1v) is 23.0. The summed E-state index contributed by atoms with van der Waals surface area (Å²) in [6, 6.07) is 38.9. The number of hydrogen-bond acceptors (Lipinski definition) is 7. The minimum Gasteiger partial charge on any atom is -0.432 e. The molecule has 12 heteroatoms. The molecule has 2 N–H and O–H groups in total. The van der Waals surface area contributed by atoms with E-state index in [2.05, 4.69) is 0 Å². The molecule has 5 aromatic carbocycles. The van der Waals surface area contributed by atoms with Gasteiger partial charge in [-0.25, -0.2) is 0 Å². The number of carbonyl (C=O) groups is 4. The molecule has 11 nitrogen and oxygen atoms in total. The van der Waals surface area contributed by atoms with E-state index >= 15 is 4.79 Å². The molecule has 0 unspecified atom stereocenters. The highest BCUT2D eigenvalue weighted by Crippen LogP contribution is 2.60. The number of para-hydroxylation sites is 2. The van der Waals surface area contributed by atoms with Gasteiger partial charge in [-0.2, -0.15) is 0 Å². The molecule has 3 aliphatic heterocycles. The third-order valence-corrected chi connectivity index (χ3v) is 14.8. The minimum atomic E-state index is -3.15. The van der Waals surface area contributed by atoms with Crippen LogP contribution >= 0.6 is 0 Å². The first-order valence-electron chi connectivity index (χ1n) is 20.0. The Bertz CT molecular complexity index is 2360. The topological polar surface area (TPSA) is 131 Å². The lowest BCUT2D eigenvalue weighted by atomic mass is 9.82. The molecule has 302 valence electrons. The lowest BCUT2D eigenvalue weighted by molar-refractivity contribution is -0.151. The van der Waals surface area contributed by atoms with E-state index in [-0.39, 0.29) is 31.4 Å². The number of aliphatic hydroxyl groups excluding tert-OH is 1. The van der Waals surface area contributed by atoms with Gasteiger partial charge < -0.3 is 24.4 Å². The molecule has 3 heterocycles. The van der Waals surface area contributed by atoms with E-state index in [1.54, 1.807) is 20.8 Å². The molecule has 0 aromatic heterocycles. The molecule has 1 fully saturated rings. The molecule has 0 radical (unpaired) electrons. The predicted molar refractivity (Wildman–Crippen MR) is 229 cm³/mol. The van der Waals surface area contributed by atoms with Crippen LogP contribution < -0.4 is 14.7 Å². The summed E-state index contributed by atoms with van der Waals surface area (Å²) in [5.74, 6) is -1.11. The van der Waals surface area contributed by atoms with Gasteiger partial charge in [-0.15, -0.1) is 0 Å². The molecule has 1 spiro atoms. The van der Waals surface area contributed by atoms with Gasteiger partial charge in [-0.1, -0.05) is 79.7 Å². The lowest BCUT2D eigenvalue weighted by Crippen LogP contribution is -2.48. The van der Waals surface area contributed by atoms with E-state index in [4.69, 9.17) is 4.74 Å². The van der Waals surface area contributed by atoms with Gasteiger partial charge in [0.25, 0.3) is 5.91 Å². The summed E-state index contributed by atoms with van der Waals surface area (Å²) in [5, 5.41) is 10.4. The Morgan fingerprint density at radius 3 is 1.97 bits per heavy atom. The fourth-order valence-electron chi connectivity index (χ4n) is 9.57. The Morgan fingerprint density at radius 1 is 0.814 bits per heavy atom. The van der Waals surface area contributed by atoms with E-state index in [0.717, 1.165) is 35.2 Å². The number of ether oxygens (including phenoxy) is 1. The van der Waals surface area contributed by atoms with Crippen molar-refractivity contribution < 1.29 is 33.8 Å². The number of hydrogen-bond donors (Lipinski definition) is 2. The average molecular weight is 809 g/mol. The third kappa shape index (κ3) is 7.16. The van der Waals surface area contributed by atoms with Crippen LogP contribution in [0.3, 0.4) is 0 Å². The molecular weight excluding hydrogens is 761 g/mol. The normalized spacial score (nSPS) is 22.2. The number of aliphatic hydroxyl groups is 1. The highest BCUT2D eigenvalue weighted by molar-refractivity contribution is 6.71. The van der Waals surface area contributed by atoms with Gasteiger partial charge in [-0.3, -0.25) is 29.0 Å². The SMILES string of the molecule is C[C@@H]1[C@@H]([Si](C)(C)O)[C@H](CC(=O)N2Cc3ccccc3C[C@H]2CO)O[C@@]12C(=O)N(Cc1ccc(N(C=O)c3ccccc3)cc1)c1ccc(N(C=O)c3ccccc3)cc12. The quantitative estimate of drug-likeness (QED) is 0.103. The second-order valence-corrected chi connectivity index (χ2v) is 20.3. The maximum atomic E-state index is 15.3. The summed E-state index contributed by atoms with van der Waals surface area (Å²) in [7, 11) is -3.15. The number of amides is 4. The Kier molecular flexibility index (Phi) is 10.8. The zero-order valence-electron chi connectivity index (χ0n) is 33.3. The molecule has 8 rings (SSSR count). The van der Waals surface area contributed by atoms with Crippen molar-refractivity contribution in [2.75, 3.05) is 21.3 Å². The van der Waals surface area contributed by atoms with Crippen LogP contribution in [0.2, 0.25) is 18.6 Å². The summed E-state index contributed by atoms with van der Waals surface area (Å²) < 4.78 is 7.08. The predicted octanol–water partition coefficient (Wildman–Crippen LogP) is 6.96. The molecule has 5 atom stereocenters. The number of nitrogens with zero attached hydrogens (tertiary/aromatic N) is 4. The fourth-order valence-corrected chi connectivity index (χ4v) is 12.1. The van der Waals surface area contributed by atoms with Crippen LogP contribution in [0.15, 0.2) is 127 Å². The van der Waals surface area contributed by atoms with Crippen LogP contribution in [0.5, 0.6) is 0 Å². The largest absolute Gasteiger partial charge is 0.432 e. The lowest BCUT2D eigenvalue weighted by Gasteiger charge is -2.37.